The van der Waals surface area contributed by atoms with Crippen LogP contribution in [-0.4, -0.2) is 11.9 Å². The third kappa shape index (κ3) is 3.80. The fourth-order valence-corrected chi connectivity index (χ4v) is 1.39. The zero-order chi connectivity index (χ0) is 10.4. The summed E-state index contributed by atoms with van der Waals surface area (Å²) in [5.74, 6) is 0.130. The maximum atomic E-state index is 11.7. The van der Waals surface area contributed by atoms with Crippen molar-refractivity contribution in [2.24, 2.45) is 5.92 Å². The van der Waals surface area contributed by atoms with Crippen molar-refractivity contribution in [2.45, 2.75) is 45.1 Å². The molecule has 14 heavy (non-hydrogen) atoms. The molecule has 1 saturated carbocycles. The predicted octanol–water partition coefficient (Wildman–Crippen LogP) is 2.41. The Kier molecular flexibility index (Phi) is 4.48. The van der Waals surface area contributed by atoms with Gasteiger partial charge in [0.15, 0.2) is 0 Å². The van der Waals surface area contributed by atoms with E-state index in [1.54, 1.807) is 6.08 Å². The minimum Gasteiger partial charge on any atom is -0.353 e. The lowest BCUT2D eigenvalue weighted by atomic mass is 10.0. The van der Waals surface area contributed by atoms with Crippen LogP contribution in [0.1, 0.15) is 39.0 Å². The molecule has 2 nitrogen and oxygen atoms in total. The lowest BCUT2D eigenvalue weighted by Crippen LogP contribution is -2.31. The average molecular weight is 193 g/mol. The van der Waals surface area contributed by atoms with Crippen LogP contribution in [0.3, 0.4) is 0 Å². The summed E-state index contributed by atoms with van der Waals surface area (Å²) < 4.78 is 0. The van der Waals surface area contributed by atoms with Gasteiger partial charge in [-0.15, -0.1) is 5.73 Å². The Morgan fingerprint density at radius 1 is 1.71 bits per heavy atom. The molecule has 0 saturated heterocycles. The van der Waals surface area contributed by atoms with Gasteiger partial charge >= 0.3 is 0 Å². The van der Waals surface area contributed by atoms with E-state index in [1.807, 2.05) is 0 Å². The second-order valence-electron chi connectivity index (χ2n) is 3.90. The fourth-order valence-electron chi connectivity index (χ4n) is 1.39. The highest BCUT2D eigenvalue weighted by molar-refractivity contribution is 5.80. The van der Waals surface area contributed by atoms with Crippen molar-refractivity contribution < 1.29 is 4.79 Å². The Bertz CT molecular complexity index is 237. The van der Waals surface area contributed by atoms with Crippen molar-refractivity contribution >= 4 is 5.91 Å². The molecule has 0 bridgehead atoms. The Morgan fingerprint density at radius 3 is 2.93 bits per heavy atom. The quantitative estimate of drug-likeness (QED) is 0.645. The average Bonchev–Trinajstić information content (AvgIpc) is 2.95. The van der Waals surface area contributed by atoms with Crippen LogP contribution < -0.4 is 5.32 Å². The zero-order valence-electron chi connectivity index (χ0n) is 8.88. The van der Waals surface area contributed by atoms with Crippen LogP contribution in [0.4, 0.5) is 0 Å². The third-order valence-electron chi connectivity index (χ3n) is 2.45. The Labute approximate surface area is 86.1 Å². The monoisotopic (exact) mass is 193 g/mol. The number of hydrogen-bond donors (Lipinski definition) is 1. The molecular formula is C12H19NO. The van der Waals surface area contributed by atoms with Gasteiger partial charge in [-0.05, 0) is 25.3 Å². The van der Waals surface area contributed by atoms with Crippen molar-refractivity contribution in [3.8, 4) is 0 Å². The van der Waals surface area contributed by atoms with Gasteiger partial charge in [-0.3, -0.25) is 4.79 Å². The van der Waals surface area contributed by atoms with E-state index in [4.69, 9.17) is 0 Å². The molecule has 1 unspecified atom stereocenters. The summed E-state index contributed by atoms with van der Waals surface area (Å²) in [6.45, 7) is 5.66. The number of rotatable bonds is 6. The highest BCUT2D eigenvalue weighted by Gasteiger charge is 2.25. The standard InChI is InChI=1S/C12H19NO/c1-3-5-7-10(6-4-2)12(14)13-11-8-9-11/h6,10-11H,2-3,5,7-9H2,1H3,(H,13,14). The van der Waals surface area contributed by atoms with Crippen LogP contribution >= 0.6 is 0 Å². The van der Waals surface area contributed by atoms with Crippen molar-refractivity contribution in [1.29, 1.82) is 0 Å². The van der Waals surface area contributed by atoms with E-state index in [0.29, 0.717) is 6.04 Å². The molecule has 0 aromatic carbocycles. The molecule has 1 N–H and O–H groups in total. The molecule has 0 aliphatic heterocycles. The topological polar surface area (TPSA) is 29.1 Å². The van der Waals surface area contributed by atoms with Crippen LogP contribution in [0.25, 0.3) is 0 Å². The Hall–Kier alpha value is -1.01. The van der Waals surface area contributed by atoms with E-state index in [-0.39, 0.29) is 11.8 Å². The summed E-state index contributed by atoms with van der Waals surface area (Å²) >= 11 is 0. The molecule has 1 atom stereocenters. The minimum absolute atomic E-state index is 0.0203. The molecular weight excluding hydrogens is 174 g/mol. The van der Waals surface area contributed by atoms with E-state index in [9.17, 15) is 4.79 Å². The van der Waals surface area contributed by atoms with Crippen molar-refractivity contribution in [3.05, 3.63) is 18.4 Å². The normalized spacial score (nSPS) is 16.9. The molecule has 0 aromatic heterocycles. The fraction of sp³-hybridized carbons (Fsp3) is 0.667. The maximum absolute atomic E-state index is 11.7. The molecule has 0 spiro atoms. The van der Waals surface area contributed by atoms with Gasteiger partial charge in [-0.2, -0.15) is 0 Å². The van der Waals surface area contributed by atoms with Gasteiger partial charge in [0.2, 0.25) is 5.91 Å². The summed E-state index contributed by atoms with van der Waals surface area (Å²) in [6.07, 6.45) is 7.19. The molecule has 1 aliphatic carbocycles. The number of unbranched alkanes of at least 4 members (excludes halogenated alkanes) is 1. The van der Waals surface area contributed by atoms with Crippen molar-refractivity contribution in [2.75, 3.05) is 0 Å². The van der Waals surface area contributed by atoms with Gasteiger partial charge in [0, 0.05) is 6.04 Å². The molecule has 0 aromatic rings. The van der Waals surface area contributed by atoms with Crippen LogP contribution in [-0.2, 0) is 4.79 Å². The van der Waals surface area contributed by atoms with Gasteiger partial charge in [0.1, 0.15) is 0 Å². The predicted molar refractivity (Wildman–Crippen MR) is 57.9 cm³/mol. The Balaban J connectivity index is 2.37. The molecule has 1 fully saturated rings. The smallest absolute Gasteiger partial charge is 0.227 e. The summed E-state index contributed by atoms with van der Waals surface area (Å²) in [5.41, 5.74) is 2.72. The van der Waals surface area contributed by atoms with E-state index in [2.05, 4.69) is 24.6 Å². The highest BCUT2D eigenvalue weighted by atomic mass is 16.1. The molecule has 0 heterocycles. The maximum Gasteiger partial charge on any atom is 0.227 e. The van der Waals surface area contributed by atoms with E-state index < -0.39 is 0 Å². The van der Waals surface area contributed by atoms with Gasteiger partial charge in [-0.1, -0.05) is 26.3 Å². The van der Waals surface area contributed by atoms with Crippen LogP contribution in [0.5, 0.6) is 0 Å². The van der Waals surface area contributed by atoms with Crippen LogP contribution in [0, 0.1) is 5.92 Å². The second kappa shape index (κ2) is 5.66. The van der Waals surface area contributed by atoms with Crippen molar-refractivity contribution in [3.63, 3.8) is 0 Å². The number of hydrogen-bond acceptors (Lipinski definition) is 1. The number of carbonyl (C=O) groups is 1. The van der Waals surface area contributed by atoms with Gasteiger partial charge in [0.25, 0.3) is 0 Å². The number of amides is 1. The summed E-state index contributed by atoms with van der Waals surface area (Å²) in [5, 5.41) is 3.01. The molecule has 0 radical (unpaired) electrons. The van der Waals surface area contributed by atoms with Gasteiger partial charge in [-0.25, -0.2) is 0 Å². The highest BCUT2D eigenvalue weighted by Crippen LogP contribution is 2.20. The molecule has 78 valence electrons. The lowest BCUT2D eigenvalue weighted by Gasteiger charge is -2.11. The number of carbonyl (C=O) groups excluding carboxylic acids is 1. The molecule has 2 heteroatoms. The third-order valence-corrected chi connectivity index (χ3v) is 2.45. The molecule has 1 amide bonds. The van der Waals surface area contributed by atoms with E-state index in [1.165, 1.54) is 0 Å². The van der Waals surface area contributed by atoms with Crippen molar-refractivity contribution in [1.82, 2.24) is 5.32 Å². The summed E-state index contributed by atoms with van der Waals surface area (Å²) in [4.78, 5) is 11.7. The zero-order valence-corrected chi connectivity index (χ0v) is 8.88. The minimum atomic E-state index is -0.0203. The van der Waals surface area contributed by atoms with Gasteiger partial charge in [0.05, 0.1) is 5.92 Å². The first kappa shape index (κ1) is 11.1. The largest absolute Gasteiger partial charge is 0.353 e. The number of nitrogens with one attached hydrogen (secondary N) is 1. The molecule has 1 rings (SSSR count). The van der Waals surface area contributed by atoms with Crippen LogP contribution in [0.2, 0.25) is 0 Å². The van der Waals surface area contributed by atoms with Gasteiger partial charge < -0.3 is 5.32 Å². The van der Waals surface area contributed by atoms with E-state index >= 15 is 0 Å². The first-order valence-corrected chi connectivity index (χ1v) is 5.44. The summed E-state index contributed by atoms with van der Waals surface area (Å²) in [6, 6.07) is 0.449. The lowest BCUT2D eigenvalue weighted by molar-refractivity contribution is -0.123. The SMILES string of the molecule is C=C=CC(CCCC)C(=O)NC1CC1. The Morgan fingerprint density at radius 2 is 2.43 bits per heavy atom. The molecule has 1 aliphatic rings. The first-order valence-electron chi connectivity index (χ1n) is 5.44. The summed E-state index contributed by atoms with van der Waals surface area (Å²) in [7, 11) is 0. The second-order valence-corrected chi connectivity index (χ2v) is 3.90. The van der Waals surface area contributed by atoms with Crippen LogP contribution in [0.15, 0.2) is 18.4 Å². The van der Waals surface area contributed by atoms with E-state index in [0.717, 1.165) is 32.1 Å². The first-order chi connectivity index (χ1) is 6.77.